The van der Waals surface area contributed by atoms with Gasteiger partial charge in [0.15, 0.2) is 0 Å². The van der Waals surface area contributed by atoms with Crippen LogP contribution in [0.4, 0.5) is 0 Å². The van der Waals surface area contributed by atoms with Gasteiger partial charge in [0, 0.05) is 13.1 Å². The Bertz CT molecular complexity index is 351. The zero-order chi connectivity index (χ0) is 15.3. The fourth-order valence-corrected chi connectivity index (χ4v) is 4.15. The second-order valence-corrected chi connectivity index (χ2v) is 7.51. The van der Waals surface area contributed by atoms with Crippen LogP contribution in [0.1, 0.15) is 71.1 Å². The van der Waals surface area contributed by atoms with Crippen molar-refractivity contribution in [3.63, 3.8) is 0 Å². The fourth-order valence-electron chi connectivity index (χ4n) is 4.15. The number of nitrogens with one attached hydrogen (secondary N) is 1. The summed E-state index contributed by atoms with van der Waals surface area (Å²) >= 11 is 0. The average molecular weight is 296 g/mol. The zero-order valence-electron chi connectivity index (χ0n) is 13.5. The molecule has 0 aromatic rings. The Morgan fingerprint density at radius 3 is 2.43 bits per heavy atom. The van der Waals surface area contributed by atoms with Crippen LogP contribution >= 0.6 is 0 Å². The topological polar surface area (TPSA) is 75.3 Å². The number of aliphatic hydroxyl groups is 1. The molecule has 122 valence electrons. The van der Waals surface area contributed by atoms with Crippen molar-refractivity contribution in [2.75, 3.05) is 13.1 Å². The maximum Gasteiger partial charge on any atom is 0.227 e. The second-order valence-electron chi connectivity index (χ2n) is 7.51. The molecule has 4 nitrogen and oxygen atoms in total. The predicted molar refractivity (Wildman–Crippen MR) is 84.8 cm³/mol. The molecule has 0 spiro atoms. The number of carbonyl (C=O) groups excluding carboxylic acids is 1. The van der Waals surface area contributed by atoms with Gasteiger partial charge in [-0.2, -0.15) is 0 Å². The highest BCUT2D eigenvalue weighted by atomic mass is 16.3. The first kappa shape index (κ1) is 16.8. The van der Waals surface area contributed by atoms with Crippen LogP contribution in [0.15, 0.2) is 0 Å². The van der Waals surface area contributed by atoms with Crippen molar-refractivity contribution in [2.24, 2.45) is 17.1 Å². The summed E-state index contributed by atoms with van der Waals surface area (Å²) in [5.74, 6) is 0.612. The van der Waals surface area contributed by atoms with Crippen LogP contribution in [0.25, 0.3) is 0 Å². The molecule has 0 aliphatic heterocycles. The second kappa shape index (κ2) is 7.10. The van der Waals surface area contributed by atoms with E-state index in [1.54, 1.807) is 0 Å². The molecule has 4 N–H and O–H groups in total. The summed E-state index contributed by atoms with van der Waals surface area (Å²) in [4.78, 5) is 12.7. The standard InChI is InChI=1S/C17H32N2O2/c1-14-7-6-10-17(21,11-14)13-19-15(20)16(12-18)8-4-2-3-5-9-16/h14,21H,2-13,18H2,1H3,(H,19,20). The molecule has 2 saturated carbocycles. The minimum absolute atomic E-state index is 0.0681. The van der Waals surface area contributed by atoms with E-state index in [0.717, 1.165) is 44.9 Å². The summed E-state index contributed by atoms with van der Waals surface area (Å²) < 4.78 is 0. The lowest BCUT2D eigenvalue weighted by Gasteiger charge is -2.37. The van der Waals surface area contributed by atoms with Gasteiger partial charge in [-0.1, -0.05) is 45.4 Å². The molecule has 0 saturated heterocycles. The number of nitrogens with two attached hydrogens (primary N) is 1. The Morgan fingerprint density at radius 2 is 1.86 bits per heavy atom. The van der Waals surface area contributed by atoms with E-state index in [4.69, 9.17) is 5.73 Å². The van der Waals surface area contributed by atoms with Gasteiger partial charge in [0.1, 0.15) is 0 Å². The van der Waals surface area contributed by atoms with Gasteiger partial charge >= 0.3 is 0 Å². The van der Waals surface area contributed by atoms with Gasteiger partial charge in [-0.25, -0.2) is 0 Å². The Labute approximate surface area is 128 Å². The molecule has 2 fully saturated rings. The Morgan fingerprint density at radius 1 is 1.19 bits per heavy atom. The van der Waals surface area contributed by atoms with E-state index in [1.165, 1.54) is 19.3 Å². The smallest absolute Gasteiger partial charge is 0.227 e. The van der Waals surface area contributed by atoms with Gasteiger partial charge < -0.3 is 16.2 Å². The van der Waals surface area contributed by atoms with Crippen LogP contribution in [-0.4, -0.2) is 29.7 Å². The molecule has 2 rings (SSSR count). The van der Waals surface area contributed by atoms with Crippen molar-refractivity contribution >= 4 is 5.91 Å². The Balaban J connectivity index is 1.93. The summed E-state index contributed by atoms with van der Waals surface area (Å²) in [5.41, 5.74) is 4.84. The van der Waals surface area contributed by atoms with E-state index in [0.29, 0.717) is 19.0 Å². The first-order valence-electron chi connectivity index (χ1n) is 8.70. The molecule has 21 heavy (non-hydrogen) atoms. The highest BCUT2D eigenvalue weighted by molar-refractivity contribution is 5.83. The minimum atomic E-state index is -0.714. The summed E-state index contributed by atoms with van der Waals surface area (Å²) in [6.45, 7) is 2.99. The number of amides is 1. The van der Waals surface area contributed by atoms with Gasteiger partial charge in [-0.05, 0) is 31.6 Å². The molecule has 0 aromatic heterocycles. The molecule has 2 aliphatic carbocycles. The predicted octanol–water partition coefficient (Wildman–Crippen LogP) is 2.34. The molecule has 4 heteroatoms. The van der Waals surface area contributed by atoms with Gasteiger partial charge in [-0.3, -0.25) is 4.79 Å². The van der Waals surface area contributed by atoms with Crippen LogP contribution in [-0.2, 0) is 4.79 Å². The molecule has 2 atom stereocenters. The maximum absolute atomic E-state index is 12.7. The molecular weight excluding hydrogens is 264 g/mol. The van der Waals surface area contributed by atoms with Gasteiger partial charge in [0.25, 0.3) is 0 Å². The monoisotopic (exact) mass is 296 g/mol. The number of hydrogen-bond acceptors (Lipinski definition) is 3. The molecule has 2 aliphatic rings. The van der Waals surface area contributed by atoms with Gasteiger partial charge in [0.2, 0.25) is 5.91 Å². The summed E-state index contributed by atoms with van der Waals surface area (Å²) in [6.07, 6.45) is 10.2. The first-order valence-corrected chi connectivity index (χ1v) is 8.70. The molecule has 0 aromatic carbocycles. The van der Waals surface area contributed by atoms with E-state index in [1.807, 2.05) is 0 Å². The maximum atomic E-state index is 12.7. The van der Waals surface area contributed by atoms with Gasteiger partial charge in [-0.15, -0.1) is 0 Å². The normalized spacial score (nSPS) is 33.2. The number of rotatable bonds is 4. The van der Waals surface area contributed by atoms with Crippen molar-refractivity contribution in [1.29, 1.82) is 0 Å². The molecule has 0 bridgehead atoms. The largest absolute Gasteiger partial charge is 0.388 e. The summed E-state index contributed by atoms with van der Waals surface area (Å²) in [5, 5.41) is 13.7. The van der Waals surface area contributed by atoms with Crippen LogP contribution in [0.5, 0.6) is 0 Å². The summed E-state index contributed by atoms with van der Waals surface area (Å²) in [7, 11) is 0. The van der Waals surface area contributed by atoms with Crippen LogP contribution < -0.4 is 11.1 Å². The lowest BCUT2D eigenvalue weighted by Crippen LogP contribution is -2.52. The number of hydrogen-bond donors (Lipinski definition) is 3. The van der Waals surface area contributed by atoms with Crippen LogP contribution in [0, 0.1) is 11.3 Å². The molecule has 0 radical (unpaired) electrons. The zero-order valence-corrected chi connectivity index (χ0v) is 13.5. The van der Waals surface area contributed by atoms with E-state index in [9.17, 15) is 9.90 Å². The Kier molecular flexibility index (Phi) is 5.67. The van der Waals surface area contributed by atoms with Crippen molar-refractivity contribution in [3.8, 4) is 0 Å². The number of carbonyl (C=O) groups is 1. The third kappa shape index (κ3) is 4.19. The SMILES string of the molecule is CC1CCCC(O)(CNC(=O)C2(CN)CCCCCC2)C1. The van der Waals surface area contributed by atoms with Gasteiger partial charge in [0.05, 0.1) is 11.0 Å². The van der Waals surface area contributed by atoms with E-state index >= 15 is 0 Å². The van der Waals surface area contributed by atoms with Crippen molar-refractivity contribution in [2.45, 2.75) is 76.7 Å². The third-order valence-corrected chi connectivity index (χ3v) is 5.58. The van der Waals surface area contributed by atoms with Crippen molar-refractivity contribution in [3.05, 3.63) is 0 Å². The third-order valence-electron chi connectivity index (χ3n) is 5.58. The molecular formula is C17H32N2O2. The lowest BCUT2D eigenvalue weighted by atomic mass is 9.77. The van der Waals surface area contributed by atoms with Crippen LogP contribution in [0.2, 0.25) is 0 Å². The lowest BCUT2D eigenvalue weighted by molar-refractivity contribution is -0.133. The van der Waals surface area contributed by atoms with Crippen molar-refractivity contribution in [1.82, 2.24) is 5.32 Å². The highest BCUT2D eigenvalue weighted by Crippen LogP contribution is 2.35. The Hall–Kier alpha value is -0.610. The molecule has 2 unspecified atom stereocenters. The van der Waals surface area contributed by atoms with E-state index < -0.39 is 11.0 Å². The molecule has 0 heterocycles. The van der Waals surface area contributed by atoms with E-state index in [-0.39, 0.29) is 5.91 Å². The van der Waals surface area contributed by atoms with Crippen LogP contribution in [0.3, 0.4) is 0 Å². The quantitative estimate of drug-likeness (QED) is 0.697. The van der Waals surface area contributed by atoms with Crippen molar-refractivity contribution < 1.29 is 9.90 Å². The van der Waals surface area contributed by atoms with E-state index in [2.05, 4.69) is 12.2 Å². The highest BCUT2D eigenvalue weighted by Gasteiger charge is 2.39. The fraction of sp³-hybridized carbons (Fsp3) is 0.941. The summed E-state index contributed by atoms with van der Waals surface area (Å²) in [6, 6.07) is 0. The first-order chi connectivity index (χ1) is 10.00. The molecule has 1 amide bonds. The minimum Gasteiger partial charge on any atom is -0.388 e. The average Bonchev–Trinajstić information content (AvgIpc) is 2.71.